The highest BCUT2D eigenvalue weighted by molar-refractivity contribution is 6.21. The zero-order chi connectivity index (χ0) is 16.0. The van der Waals surface area contributed by atoms with Crippen LogP contribution < -0.4 is 0 Å². The standard InChI is InChI=1S/C15H17NO3.CH3N/c1-14(2,13-15(3,4)19-13)16-11(17)9-7-5-6-8-10(9)12(16)18;1-2/h5-8,13H,1-4H3;2H,1H2. The number of carbonyl (C=O) groups excluding carboxylic acids is 2. The fraction of sp³-hybridized carbons (Fsp3) is 0.438. The molecule has 112 valence electrons. The van der Waals surface area contributed by atoms with E-state index in [9.17, 15) is 9.59 Å². The molecule has 2 heterocycles. The molecule has 3 rings (SSSR count). The van der Waals surface area contributed by atoms with Gasteiger partial charge in [0, 0.05) is 0 Å². The number of rotatable bonds is 2. The summed E-state index contributed by atoms with van der Waals surface area (Å²) in [5, 5.41) is 5.50. The van der Waals surface area contributed by atoms with Crippen LogP contribution >= 0.6 is 0 Å². The fourth-order valence-corrected chi connectivity index (χ4v) is 3.09. The van der Waals surface area contributed by atoms with Gasteiger partial charge in [-0.05, 0) is 46.5 Å². The first-order chi connectivity index (χ1) is 9.77. The molecule has 0 aromatic heterocycles. The first-order valence-electron chi connectivity index (χ1n) is 6.78. The zero-order valence-electron chi connectivity index (χ0n) is 12.8. The largest absolute Gasteiger partial charge is 0.364 e. The van der Waals surface area contributed by atoms with E-state index in [4.69, 9.17) is 10.1 Å². The van der Waals surface area contributed by atoms with E-state index in [1.165, 1.54) is 4.90 Å². The molecule has 0 spiro atoms. The van der Waals surface area contributed by atoms with Crippen molar-refractivity contribution in [2.45, 2.75) is 44.9 Å². The third-order valence-corrected chi connectivity index (χ3v) is 4.01. The Morgan fingerprint density at radius 2 is 1.52 bits per heavy atom. The van der Waals surface area contributed by atoms with Gasteiger partial charge in [0.1, 0.15) is 6.10 Å². The lowest BCUT2D eigenvalue weighted by Crippen LogP contribution is -2.52. The second kappa shape index (κ2) is 4.77. The molecule has 1 fully saturated rings. The van der Waals surface area contributed by atoms with Crippen LogP contribution in [0.1, 0.15) is 48.4 Å². The maximum absolute atomic E-state index is 12.4. The van der Waals surface area contributed by atoms with E-state index in [-0.39, 0.29) is 23.5 Å². The Bertz CT molecular complexity index is 572. The molecule has 0 saturated carbocycles. The predicted molar refractivity (Wildman–Crippen MR) is 79.8 cm³/mol. The molecule has 2 aliphatic heterocycles. The van der Waals surface area contributed by atoms with Gasteiger partial charge in [-0.15, -0.1) is 0 Å². The molecule has 5 nitrogen and oxygen atoms in total. The highest BCUT2D eigenvalue weighted by Crippen LogP contribution is 2.46. The lowest BCUT2D eigenvalue weighted by molar-refractivity contribution is 0.0427. The molecule has 21 heavy (non-hydrogen) atoms. The highest BCUT2D eigenvalue weighted by Gasteiger charge is 2.61. The van der Waals surface area contributed by atoms with Gasteiger partial charge in [0.25, 0.3) is 11.8 Å². The van der Waals surface area contributed by atoms with Gasteiger partial charge >= 0.3 is 0 Å². The normalized spacial score (nSPS) is 22.5. The number of carbonyl (C=O) groups is 2. The molecule has 1 N–H and O–H groups in total. The first-order valence-corrected chi connectivity index (χ1v) is 6.78. The average molecular weight is 288 g/mol. The van der Waals surface area contributed by atoms with Crippen LogP contribution in [0.3, 0.4) is 0 Å². The van der Waals surface area contributed by atoms with Crippen LogP contribution in [0.15, 0.2) is 24.3 Å². The van der Waals surface area contributed by atoms with Gasteiger partial charge in [-0.3, -0.25) is 14.5 Å². The molecule has 0 bridgehead atoms. The molecule has 1 saturated heterocycles. The number of amides is 2. The summed E-state index contributed by atoms with van der Waals surface area (Å²) in [5.41, 5.74) is 0.0493. The number of imide groups is 1. The number of ether oxygens (including phenoxy) is 1. The van der Waals surface area contributed by atoms with E-state index in [1.54, 1.807) is 24.3 Å². The maximum atomic E-state index is 12.4. The Morgan fingerprint density at radius 3 is 1.86 bits per heavy atom. The first kappa shape index (κ1) is 15.4. The smallest absolute Gasteiger partial charge is 0.262 e. The third-order valence-electron chi connectivity index (χ3n) is 4.01. The quantitative estimate of drug-likeness (QED) is 0.516. The predicted octanol–water partition coefficient (Wildman–Crippen LogP) is 2.50. The number of fused-ring (bicyclic) bond motifs is 1. The van der Waals surface area contributed by atoms with Crippen molar-refractivity contribution >= 4 is 18.5 Å². The van der Waals surface area contributed by atoms with Gasteiger partial charge in [0.2, 0.25) is 0 Å². The van der Waals surface area contributed by atoms with E-state index in [2.05, 4.69) is 6.72 Å². The Hall–Kier alpha value is -2.01. The van der Waals surface area contributed by atoms with E-state index >= 15 is 0 Å². The van der Waals surface area contributed by atoms with Crippen LogP contribution in [0.25, 0.3) is 0 Å². The van der Waals surface area contributed by atoms with Crippen molar-refractivity contribution in [3.8, 4) is 0 Å². The average Bonchev–Trinajstić information content (AvgIpc) is 3.02. The monoisotopic (exact) mass is 288 g/mol. The van der Waals surface area contributed by atoms with Gasteiger partial charge in [-0.1, -0.05) is 12.1 Å². The maximum Gasteiger partial charge on any atom is 0.262 e. The Morgan fingerprint density at radius 1 is 1.14 bits per heavy atom. The van der Waals surface area contributed by atoms with Crippen molar-refractivity contribution in [2.75, 3.05) is 0 Å². The summed E-state index contributed by atoms with van der Waals surface area (Å²) in [6.07, 6.45) is -0.123. The summed E-state index contributed by atoms with van der Waals surface area (Å²) in [5.74, 6) is -0.450. The highest BCUT2D eigenvalue weighted by atomic mass is 16.6. The molecule has 2 aliphatic rings. The molecular formula is C16H20N2O3. The van der Waals surface area contributed by atoms with Crippen LogP contribution in [0.5, 0.6) is 0 Å². The van der Waals surface area contributed by atoms with Crippen LogP contribution in [0, 0.1) is 5.41 Å². The van der Waals surface area contributed by atoms with Gasteiger partial charge in [0.05, 0.1) is 22.3 Å². The summed E-state index contributed by atoms with van der Waals surface area (Å²) < 4.78 is 5.63. The topological polar surface area (TPSA) is 73.8 Å². The molecule has 1 aromatic rings. The molecular weight excluding hydrogens is 268 g/mol. The van der Waals surface area contributed by atoms with Crippen LogP contribution in [-0.2, 0) is 4.74 Å². The van der Waals surface area contributed by atoms with Gasteiger partial charge in [-0.25, -0.2) is 0 Å². The van der Waals surface area contributed by atoms with Crippen LogP contribution in [0.4, 0.5) is 0 Å². The number of nitrogens with zero attached hydrogens (tertiary/aromatic N) is 1. The molecule has 1 aromatic carbocycles. The second-order valence-electron chi connectivity index (χ2n) is 6.25. The minimum absolute atomic E-state index is 0.123. The van der Waals surface area contributed by atoms with E-state index < -0.39 is 5.54 Å². The lowest BCUT2D eigenvalue weighted by atomic mass is 9.91. The number of hydrogen-bond donors (Lipinski definition) is 1. The van der Waals surface area contributed by atoms with Crippen molar-refractivity contribution in [3.05, 3.63) is 35.4 Å². The lowest BCUT2D eigenvalue weighted by Gasteiger charge is -2.33. The number of hydrogen-bond acceptors (Lipinski definition) is 4. The molecule has 0 aliphatic carbocycles. The van der Waals surface area contributed by atoms with E-state index in [0.717, 1.165) is 0 Å². The number of nitrogens with one attached hydrogen (secondary N) is 1. The van der Waals surface area contributed by atoms with Crippen molar-refractivity contribution in [3.63, 3.8) is 0 Å². The van der Waals surface area contributed by atoms with Crippen molar-refractivity contribution < 1.29 is 14.3 Å². The van der Waals surface area contributed by atoms with Crippen LogP contribution in [-0.4, -0.2) is 40.7 Å². The Balaban J connectivity index is 0.000000774. The van der Waals surface area contributed by atoms with Crippen molar-refractivity contribution in [1.29, 1.82) is 5.41 Å². The number of benzene rings is 1. The molecule has 0 radical (unpaired) electrons. The summed E-state index contributed by atoms with van der Waals surface area (Å²) >= 11 is 0. The van der Waals surface area contributed by atoms with Crippen LogP contribution in [0.2, 0.25) is 0 Å². The molecule has 1 unspecified atom stereocenters. The zero-order valence-corrected chi connectivity index (χ0v) is 12.8. The third kappa shape index (κ3) is 2.17. The Labute approximate surface area is 124 Å². The Kier molecular flexibility index (Phi) is 3.49. The summed E-state index contributed by atoms with van der Waals surface area (Å²) in [7, 11) is 0. The number of epoxide rings is 1. The van der Waals surface area contributed by atoms with Crippen molar-refractivity contribution in [2.24, 2.45) is 0 Å². The minimum Gasteiger partial charge on any atom is -0.364 e. The summed E-state index contributed by atoms with van der Waals surface area (Å²) in [6.45, 7) is 10.2. The summed E-state index contributed by atoms with van der Waals surface area (Å²) in [6, 6.07) is 6.95. The summed E-state index contributed by atoms with van der Waals surface area (Å²) in [4.78, 5) is 26.2. The van der Waals surface area contributed by atoms with Gasteiger partial charge < -0.3 is 10.1 Å². The molecule has 1 atom stereocenters. The van der Waals surface area contributed by atoms with Gasteiger partial charge in [0.15, 0.2) is 0 Å². The SMILES string of the molecule is C=N.CC1(C)OC1C(C)(C)N1C(=O)c2ccccc2C1=O. The van der Waals surface area contributed by atoms with E-state index in [0.29, 0.717) is 11.1 Å². The minimum atomic E-state index is -0.642. The van der Waals surface area contributed by atoms with Gasteiger partial charge in [-0.2, -0.15) is 0 Å². The fourth-order valence-electron chi connectivity index (χ4n) is 3.09. The van der Waals surface area contributed by atoms with E-state index in [1.807, 2.05) is 27.7 Å². The second-order valence-corrected chi connectivity index (χ2v) is 6.25. The molecule has 2 amide bonds. The molecule has 5 heteroatoms. The van der Waals surface area contributed by atoms with Crippen molar-refractivity contribution in [1.82, 2.24) is 4.90 Å².